The molecule has 0 fully saturated rings. The Balaban J connectivity index is 1.81. The Bertz CT molecular complexity index is 1040. The fourth-order valence-electron chi connectivity index (χ4n) is 2.74. The first-order valence-electron chi connectivity index (χ1n) is 8.84. The van der Waals surface area contributed by atoms with Crippen LogP contribution in [0.15, 0.2) is 53.8 Å². The van der Waals surface area contributed by atoms with Crippen molar-refractivity contribution in [2.24, 2.45) is 5.10 Å². The molecule has 0 spiro atoms. The van der Waals surface area contributed by atoms with E-state index in [0.29, 0.717) is 23.0 Å². The Morgan fingerprint density at radius 2 is 2.00 bits per heavy atom. The average Bonchev–Trinajstić information content (AvgIpc) is 3.07. The molecule has 29 heavy (non-hydrogen) atoms. The maximum Gasteiger partial charge on any atom is 0.341 e. The Kier molecular flexibility index (Phi) is 6.13. The van der Waals surface area contributed by atoms with Gasteiger partial charge in [0, 0.05) is 5.56 Å². The standard InChI is InChI=1S/C21H22N4O4/c1-14-12-25(21(22)24-14)23-11-15-8-9-18(27-2)16(10-15)13-29-19-7-5-4-6-17(19)20(26)28-3/h4-12H,13H2,1-3H3,(H2,22,24). The summed E-state index contributed by atoms with van der Waals surface area (Å²) in [7, 11) is 2.92. The van der Waals surface area contributed by atoms with Crippen LogP contribution < -0.4 is 15.2 Å². The van der Waals surface area contributed by atoms with E-state index in [0.717, 1.165) is 16.8 Å². The van der Waals surface area contributed by atoms with E-state index in [-0.39, 0.29) is 6.61 Å². The van der Waals surface area contributed by atoms with E-state index in [1.807, 2.05) is 25.1 Å². The van der Waals surface area contributed by atoms with Crippen LogP contribution in [0.4, 0.5) is 5.95 Å². The smallest absolute Gasteiger partial charge is 0.341 e. The van der Waals surface area contributed by atoms with E-state index in [1.165, 1.54) is 11.8 Å². The molecule has 0 atom stereocenters. The number of aromatic nitrogens is 2. The van der Waals surface area contributed by atoms with Crippen LogP contribution >= 0.6 is 0 Å². The van der Waals surface area contributed by atoms with E-state index in [1.54, 1.807) is 43.8 Å². The van der Waals surface area contributed by atoms with Crippen LogP contribution in [0.1, 0.15) is 27.2 Å². The third-order valence-corrected chi connectivity index (χ3v) is 4.15. The lowest BCUT2D eigenvalue weighted by Crippen LogP contribution is -2.06. The SMILES string of the molecule is COC(=O)c1ccccc1OCc1cc(C=Nn2cc(C)nc2N)ccc1OC. The lowest BCUT2D eigenvalue weighted by atomic mass is 10.1. The Labute approximate surface area is 168 Å². The number of nitrogens with two attached hydrogens (primary N) is 1. The number of hydrogen-bond donors (Lipinski definition) is 1. The average molecular weight is 394 g/mol. The molecular weight excluding hydrogens is 372 g/mol. The van der Waals surface area contributed by atoms with Gasteiger partial charge in [-0.05, 0) is 42.8 Å². The van der Waals surface area contributed by atoms with Gasteiger partial charge in [0.2, 0.25) is 5.95 Å². The normalized spacial score (nSPS) is 10.9. The third kappa shape index (κ3) is 4.73. The van der Waals surface area contributed by atoms with Crippen molar-refractivity contribution in [3.8, 4) is 11.5 Å². The summed E-state index contributed by atoms with van der Waals surface area (Å²) in [5, 5.41) is 4.32. The van der Waals surface area contributed by atoms with E-state index < -0.39 is 5.97 Å². The van der Waals surface area contributed by atoms with Crippen LogP contribution in [0.25, 0.3) is 0 Å². The quantitative estimate of drug-likeness (QED) is 0.488. The number of carbonyl (C=O) groups excluding carboxylic acids is 1. The van der Waals surface area contributed by atoms with E-state index in [2.05, 4.69) is 10.1 Å². The summed E-state index contributed by atoms with van der Waals surface area (Å²) in [6.45, 7) is 2.04. The van der Waals surface area contributed by atoms with E-state index >= 15 is 0 Å². The summed E-state index contributed by atoms with van der Waals surface area (Å²) in [6, 6.07) is 12.5. The summed E-state index contributed by atoms with van der Waals surface area (Å²) in [5.74, 6) is 0.953. The summed E-state index contributed by atoms with van der Waals surface area (Å²) < 4.78 is 17.6. The zero-order valence-corrected chi connectivity index (χ0v) is 16.5. The van der Waals surface area contributed by atoms with Crippen molar-refractivity contribution in [1.29, 1.82) is 0 Å². The lowest BCUT2D eigenvalue weighted by molar-refractivity contribution is 0.0595. The second kappa shape index (κ2) is 8.92. The molecule has 8 heteroatoms. The first-order valence-corrected chi connectivity index (χ1v) is 8.84. The molecule has 0 saturated carbocycles. The number of carbonyl (C=O) groups is 1. The minimum absolute atomic E-state index is 0.200. The highest BCUT2D eigenvalue weighted by atomic mass is 16.5. The van der Waals surface area contributed by atoms with Gasteiger partial charge in [-0.2, -0.15) is 5.10 Å². The summed E-state index contributed by atoms with van der Waals surface area (Å²) in [4.78, 5) is 16.0. The minimum atomic E-state index is -0.457. The first kappa shape index (κ1) is 19.9. The third-order valence-electron chi connectivity index (χ3n) is 4.15. The molecule has 3 rings (SSSR count). The molecule has 2 aromatic carbocycles. The number of nitrogen functional groups attached to an aromatic ring is 1. The fraction of sp³-hybridized carbons (Fsp3) is 0.190. The molecule has 0 radical (unpaired) electrons. The van der Waals surface area contributed by atoms with Gasteiger partial charge in [0.15, 0.2) is 0 Å². The number of hydrogen-bond acceptors (Lipinski definition) is 7. The topological polar surface area (TPSA) is 101 Å². The second-order valence-corrected chi connectivity index (χ2v) is 6.18. The van der Waals surface area contributed by atoms with Crippen LogP contribution in [-0.2, 0) is 11.3 Å². The number of benzene rings is 2. The number of para-hydroxylation sites is 1. The van der Waals surface area contributed by atoms with Crippen LogP contribution in [0, 0.1) is 6.92 Å². The summed E-state index contributed by atoms with van der Waals surface area (Å²) in [5.41, 5.74) is 8.57. The molecule has 0 unspecified atom stereocenters. The number of esters is 1. The van der Waals surface area contributed by atoms with Crippen LogP contribution in [0.2, 0.25) is 0 Å². The Hall–Kier alpha value is -3.81. The van der Waals surface area contributed by atoms with Gasteiger partial charge in [0.05, 0.1) is 32.3 Å². The van der Waals surface area contributed by atoms with Gasteiger partial charge < -0.3 is 19.9 Å². The first-order chi connectivity index (χ1) is 14.0. The van der Waals surface area contributed by atoms with Gasteiger partial charge >= 0.3 is 5.97 Å². The number of ether oxygens (including phenoxy) is 3. The molecule has 0 aliphatic rings. The van der Waals surface area contributed by atoms with E-state index in [4.69, 9.17) is 19.9 Å². The van der Waals surface area contributed by atoms with Gasteiger partial charge in [0.1, 0.15) is 23.7 Å². The monoisotopic (exact) mass is 394 g/mol. The number of imidazole rings is 1. The van der Waals surface area contributed by atoms with Crippen molar-refractivity contribution in [3.05, 3.63) is 71.0 Å². The molecule has 2 N–H and O–H groups in total. The number of nitrogens with zero attached hydrogens (tertiary/aromatic N) is 3. The lowest BCUT2D eigenvalue weighted by Gasteiger charge is -2.13. The molecule has 1 aromatic heterocycles. The summed E-state index contributed by atoms with van der Waals surface area (Å²) >= 11 is 0. The Morgan fingerprint density at radius 3 is 2.69 bits per heavy atom. The zero-order chi connectivity index (χ0) is 20.8. The maximum atomic E-state index is 11.9. The van der Waals surface area contributed by atoms with Gasteiger partial charge in [0.25, 0.3) is 0 Å². The van der Waals surface area contributed by atoms with Crippen molar-refractivity contribution in [3.63, 3.8) is 0 Å². The molecule has 3 aromatic rings. The van der Waals surface area contributed by atoms with Gasteiger partial charge in [-0.1, -0.05) is 12.1 Å². The molecule has 0 aliphatic carbocycles. The van der Waals surface area contributed by atoms with Gasteiger partial charge in [-0.3, -0.25) is 0 Å². The van der Waals surface area contributed by atoms with Crippen molar-refractivity contribution in [2.75, 3.05) is 20.0 Å². The number of rotatable bonds is 7. The predicted molar refractivity (Wildman–Crippen MR) is 109 cm³/mol. The predicted octanol–water partition coefficient (Wildman–Crippen LogP) is 3.03. The molecule has 0 aliphatic heterocycles. The van der Waals surface area contributed by atoms with Crippen LogP contribution in [0.3, 0.4) is 0 Å². The molecule has 0 amide bonds. The second-order valence-electron chi connectivity index (χ2n) is 6.18. The number of anilines is 1. The molecule has 150 valence electrons. The highest BCUT2D eigenvalue weighted by molar-refractivity contribution is 5.92. The molecule has 1 heterocycles. The minimum Gasteiger partial charge on any atom is -0.496 e. The number of aryl methyl sites for hydroxylation is 1. The fourth-order valence-corrected chi connectivity index (χ4v) is 2.74. The molecular formula is C21H22N4O4. The highest BCUT2D eigenvalue weighted by Crippen LogP contribution is 2.24. The molecule has 0 bridgehead atoms. The van der Waals surface area contributed by atoms with Gasteiger partial charge in [-0.25, -0.2) is 14.5 Å². The zero-order valence-electron chi connectivity index (χ0n) is 16.5. The van der Waals surface area contributed by atoms with Crippen LogP contribution in [-0.4, -0.2) is 36.1 Å². The largest absolute Gasteiger partial charge is 0.496 e. The maximum absolute atomic E-state index is 11.9. The van der Waals surface area contributed by atoms with Gasteiger partial charge in [-0.15, -0.1) is 0 Å². The van der Waals surface area contributed by atoms with E-state index in [9.17, 15) is 4.79 Å². The van der Waals surface area contributed by atoms with Crippen molar-refractivity contribution >= 4 is 18.1 Å². The number of methoxy groups -OCH3 is 2. The highest BCUT2D eigenvalue weighted by Gasteiger charge is 2.13. The van der Waals surface area contributed by atoms with Crippen molar-refractivity contribution in [2.45, 2.75) is 13.5 Å². The van der Waals surface area contributed by atoms with Crippen molar-refractivity contribution < 1.29 is 19.0 Å². The summed E-state index contributed by atoms with van der Waals surface area (Å²) in [6.07, 6.45) is 3.41. The van der Waals surface area contributed by atoms with Crippen molar-refractivity contribution in [1.82, 2.24) is 9.66 Å². The molecule has 0 saturated heterocycles. The Morgan fingerprint density at radius 1 is 1.21 bits per heavy atom. The van der Waals surface area contributed by atoms with Crippen LogP contribution in [0.5, 0.6) is 11.5 Å². The molecule has 8 nitrogen and oxygen atoms in total.